The van der Waals surface area contributed by atoms with Crippen molar-refractivity contribution in [3.05, 3.63) is 180 Å². The first-order valence-electron chi connectivity index (χ1n) is 18.7. The molecule has 3 unspecified atom stereocenters. The van der Waals surface area contributed by atoms with Crippen LogP contribution in [0.15, 0.2) is 172 Å². The first-order chi connectivity index (χ1) is 26.8. The minimum absolute atomic E-state index is 0.000530. The molecule has 54 heavy (non-hydrogen) atoms. The highest BCUT2D eigenvalue weighted by Gasteiger charge is 2.47. The van der Waals surface area contributed by atoms with Crippen molar-refractivity contribution in [1.29, 1.82) is 0 Å². The molecule has 5 aliphatic rings. The van der Waals surface area contributed by atoms with Crippen molar-refractivity contribution in [2.75, 3.05) is 0 Å². The van der Waals surface area contributed by atoms with Gasteiger partial charge < -0.3 is 13.9 Å². The van der Waals surface area contributed by atoms with Gasteiger partial charge in [0, 0.05) is 38.0 Å². The lowest BCUT2D eigenvalue weighted by Gasteiger charge is -2.42. The molecule has 3 nitrogen and oxygen atoms in total. The second-order valence-corrected chi connectivity index (χ2v) is 16.1. The third-order valence-corrected chi connectivity index (χ3v) is 13.3. The summed E-state index contributed by atoms with van der Waals surface area (Å²) in [5, 5.41) is 2.26. The fourth-order valence-electron chi connectivity index (χ4n) is 10.1. The van der Waals surface area contributed by atoms with Gasteiger partial charge in [-0.1, -0.05) is 126 Å². The lowest BCUT2D eigenvalue weighted by atomic mass is 9.31. The van der Waals surface area contributed by atoms with Gasteiger partial charge in [-0.3, -0.25) is 0 Å². The minimum Gasteiger partial charge on any atom is -0.485 e. The molecule has 4 aliphatic heterocycles. The topological polar surface area (TPSA) is 31.6 Å². The highest BCUT2D eigenvalue weighted by Crippen LogP contribution is 2.51. The van der Waals surface area contributed by atoms with Gasteiger partial charge in [-0.2, -0.15) is 0 Å². The highest BCUT2D eigenvalue weighted by atomic mass is 32.2. The summed E-state index contributed by atoms with van der Waals surface area (Å²) in [6.07, 6.45) is 8.78. The Balaban J connectivity index is 1.11. The number of para-hydroxylation sites is 1. The van der Waals surface area contributed by atoms with Crippen molar-refractivity contribution < 1.29 is 13.9 Å². The third kappa shape index (κ3) is 3.89. The number of benzene rings is 7. The summed E-state index contributed by atoms with van der Waals surface area (Å²) in [6, 6.07) is 48.7. The number of ether oxygens (including phenoxy) is 2. The molecule has 1 aromatic heterocycles. The Bertz CT molecular complexity index is 3010. The fraction of sp³-hybridized carbons (Fsp3) is 0.0612. The van der Waals surface area contributed by atoms with E-state index in [1.165, 1.54) is 59.6 Å². The molecule has 0 radical (unpaired) electrons. The molecule has 1 aliphatic carbocycles. The number of rotatable bonds is 3. The van der Waals surface area contributed by atoms with E-state index in [4.69, 9.17) is 13.9 Å². The molecule has 0 amide bonds. The molecule has 0 bridgehead atoms. The van der Waals surface area contributed by atoms with Gasteiger partial charge in [0.25, 0.3) is 6.71 Å². The lowest BCUT2D eigenvalue weighted by Crippen LogP contribution is -2.62. The van der Waals surface area contributed by atoms with E-state index in [0.717, 1.165) is 50.3 Å². The summed E-state index contributed by atoms with van der Waals surface area (Å²) in [6.45, 7) is 0.0791. The molecule has 252 valence electrons. The molecule has 0 spiro atoms. The molecule has 5 heteroatoms. The zero-order valence-corrected chi connectivity index (χ0v) is 29.8. The van der Waals surface area contributed by atoms with E-state index in [1.807, 2.05) is 17.8 Å². The molecule has 0 N–H and O–H groups in total. The van der Waals surface area contributed by atoms with Crippen molar-refractivity contribution >= 4 is 56.8 Å². The van der Waals surface area contributed by atoms with E-state index in [2.05, 4.69) is 152 Å². The Hall–Kier alpha value is -6.17. The van der Waals surface area contributed by atoms with E-state index >= 15 is 0 Å². The average molecular weight is 709 g/mol. The number of hydrogen-bond acceptors (Lipinski definition) is 4. The molecule has 7 aromatic carbocycles. The molecule has 0 saturated carbocycles. The van der Waals surface area contributed by atoms with Crippen molar-refractivity contribution in [3.8, 4) is 39.5 Å². The first-order valence-corrected chi connectivity index (χ1v) is 19.5. The van der Waals surface area contributed by atoms with Crippen LogP contribution in [0.1, 0.15) is 34.1 Å². The molecule has 0 saturated heterocycles. The van der Waals surface area contributed by atoms with Gasteiger partial charge in [0.2, 0.25) is 0 Å². The van der Waals surface area contributed by atoms with Crippen molar-refractivity contribution in [3.63, 3.8) is 0 Å². The lowest BCUT2D eigenvalue weighted by molar-refractivity contribution is 0.269. The second-order valence-electron chi connectivity index (χ2n) is 15.0. The van der Waals surface area contributed by atoms with Gasteiger partial charge in [0.1, 0.15) is 34.5 Å². The van der Waals surface area contributed by atoms with Crippen LogP contribution in [0.2, 0.25) is 0 Å². The summed E-state index contributed by atoms with van der Waals surface area (Å²) in [5.41, 5.74) is 15.8. The van der Waals surface area contributed by atoms with Crippen molar-refractivity contribution in [2.24, 2.45) is 0 Å². The number of hydrogen-bond donors (Lipinski definition) is 0. The standard InChI is InChI=1S/C49H29BO3S/c1-2-11-27(12-3-1)44-34-23-28(30-15-8-19-38-45(30)32-13-4-6-17-36(32)51-38)25-41-47(34)50-48-35(44)24-29(26-43(48)54-42-22-10-21-40(53-41)49(42)50)31-16-9-20-39-46(31)33-14-5-7-18-37(33)52-39/h1-26,33,37,44H. The summed E-state index contributed by atoms with van der Waals surface area (Å²) >= 11 is 1.89. The van der Waals surface area contributed by atoms with Crippen LogP contribution in [0.4, 0.5) is 0 Å². The monoisotopic (exact) mass is 708 g/mol. The minimum atomic E-state index is -0.000530. The molecule has 13 rings (SSSR count). The number of furan rings is 1. The maximum absolute atomic E-state index is 7.01. The largest absolute Gasteiger partial charge is 0.485 e. The highest BCUT2D eigenvalue weighted by molar-refractivity contribution is 8.00. The third-order valence-electron chi connectivity index (χ3n) is 12.2. The van der Waals surface area contributed by atoms with Crippen LogP contribution >= 0.6 is 11.8 Å². The Morgan fingerprint density at radius 3 is 2.26 bits per heavy atom. The molecule has 0 fully saturated rings. The Morgan fingerprint density at radius 1 is 0.556 bits per heavy atom. The van der Waals surface area contributed by atoms with Crippen molar-refractivity contribution in [2.45, 2.75) is 27.7 Å². The number of allylic oxidation sites excluding steroid dienone is 2. The van der Waals surface area contributed by atoms with Gasteiger partial charge in [0.05, 0.1) is 0 Å². The Labute approximate surface area is 316 Å². The van der Waals surface area contributed by atoms with Gasteiger partial charge in [-0.15, -0.1) is 0 Å². The predicted molar refractivity (Wildman–Crippen MR) is 219 cm³/mol. The van der Waals surface area contributed by atoms with Crippen LogP contribution in [-0.2, 0) is 0 Å². The second kappa shape index (κ2) is 10.7. The van der Waals surface area contributed by atoms with Crippen LogP contribution in [0.5, 0.6) is 17.2 Å². The van der Waals surface area contributed by atoms with E-state index in [1.54, 1.807) is 0 Å². The molecular formula is C49H29BO3S. The summed E-state index contributed by atoms with van der Waals surface area (Å²) in [4.78, 5) is 2.59. The van der Waals surface area contributed by atoms with Crippen LogP contribution in [0, 0.1) is 0 Å². The van der Waals surface area contributed by atoms with E-state index in [-0.39, 0.29) is 24.7 Å². The molecule has 8 aromatic rings. The summed E-state index contributed by atoms with van der Waals surface area (Å²) in [7, 11) is 0. The zero-order valence-electron chi connectivity index (χ0n) is 29.0. The maximum Gasteiger partial charge on any atom is 0.254 e. The molecular weight excluding hydrogens is 679 g/mol. The predicted octanol–water partition coefficient (Wildman–Crippen LogP) is 10.5. The smallest absolute Gasteiger partial charge is 0.254 e. The van der Waals surface area contributed by atoms with Gasteiger partial charge in [-0.25, -0.2) is 0 Å². The van der Waals surface area contributed by atoms with E-state index < -0.39 is 0 Å². The van der Waals surface area contributed by atoms with E-state index in [9.17, 15) is 0 Å². The molecule has 3 atom stereocenters. The normalized spacial score (nSPS) is 19.0. The van der Waals surface area contributed by atoms with Crippen LogP contribution in [0.25, 0.3) is 44.2 Å². The fourth-order valence-corrected chi connectivity index (χ4v) is 11.3. The van der Waals surface area contributed by atoms with E-state index in [0.29, 0.717) is 0 Å². The maximum atomic E-state index is 7.01. The van der Waals surface area contributed by atoms with Gasteiger partial charge in [0.15, 0.2) is 0 Å². The Kier molecular flexibility index (Phi) is 5.81. The van der Waals surface area contributed by atoms with Gasteiger partial charge >= 0.3 is 0 Å². The van der Waals surface area contributed by atoms with Gasteiger partial charge in [-0.05, 0) is 98.4 Å². The summed E-state index contributed by atoms with van der Waals surface area (Å²) < 4.78 is 19.9. The molecule has 5 heterocycles. The Morgan fingerprint density at radius 2 is 1.31 bits per heavy atom. The number of fused-ring (bicyclic) bond motifs is 6. The zero-order chi connectivity index (χ0) is 35.1. The first kappa shape index (κ1) is 29.3. The van der Waals surface area contributed by atoms with Crippen molar-refractivity contribution in [1.82, 2.24) is 0 Å². The average Bonchev–Trinajstić information content (AvgIpc) is 3.80. The van der Waals surface area contributed by atoms with Crippen LogP contribution in [0.3, 0.4) is 0 Å². The van der Waals surface area contributed by atoms with Crippen LogP contribution in [-0.4, -0.2) is 12.8 Å². The summed E-state index contributed by atoms with van der Waals surface area (Å²) in [5.74, 6) is 3.07. The quantitative estimate of drug-likeness (QED) is 0.171. The van der Waals surface area contributed by atoms with Crippen LogP contribution < -0.4 is 25.9 Å². The SMILES string of the molecule is C1=CC2Oc3cccc(-c4cc5c6c(c4)C(c4ccccc4)c4cc(-c7cccc8oc9ccccc9c78)cc7c4B6c4c(cccc4S5)O7)c3C2C=C1.